The van der Waals surface area contributed by atoms with E-state index in [0.717, 1.165) is 11.0 Å². The molecule has 1 atom stereocenters. The summed E-state index contributed by atoms with van der Waals surface area (Å²) in [7, 11) is -3.82. The van der Waals surface area contributed by atoms with Crippen LogP contribution in [0.2, 0.25) is 0 Å². The molecule has 28 heavy (non-hydrogen) atoms. The fourth-order valence-corrected chi connectivity index (χ4v) is 2.95. The Balaban J connectivity index is 1.82. The molecule has 0 saturated carbocycles. The molecule has 7 nitrogen and oxygen atoms in total. The lowest BCUT2D eigenvalue weighted by Crippen LogP contribution is -2.35. The number of anilines is 1. The van der Waals surface area contributed by atoms with Gasteiger partial charge >= 0.3 is 5.97 Å². The minimum atomic E-state index is -3.82. The Hall–Kier alpha value is -2.97. The number of benzene rings is 2. The van der Waals surface area contributed by atoms with Crippen LogP contribution in [0.3, 0.4) is 0 Å². The predicted molar refractivity (Wildman–Crippen MR) is 108 cm³/mol. The molecule has 0 fully saturated rings. The number of amides is 1. The van der Waals surface area contributed by atoms with Crippen molar-refractivity contribution in [1.29, 1.82) is 0 Å². The van der Waals surface area contributed by atoms with Crippen LogP contribution in [-0.2, 0) is 24.3 Å². The monoisotopic (exact) mass is 402 g/mol. The number of carbonyl (C=O) groups excluding carboxylic acids is 2. The van der Waals surface area contributed by atoms with Gasteiger partial charge in [-0.15, -0.1) is 0 Å². The molecule has 0 aliphatic rings. The van der Waals surface area contributed by atoms with Crippen molar-refractivity contribution in [2.24, 2.45) is 0 Å². The Kier molecular flexibility index (Phi) is 7.48. The number of carbonyl (C=O) groups is 2. The maximum Gasteiger partial charge on any atom is 0.321 e. The van der Waals surface area contributed by atoms with Gasteiger partial charge < -0.3 is 10.1 Å². The molecule has 2 N–H and O–H groups in total. The quantitative estimate of drug-likeness (QED) is 0.661. The van der Waals surface area contributed by atoms with Gasteiger partial charge in [-0.05, 0) is 43.2 Å². The van der Waals surface area contributed by atoms with Crippen LogP contribution in [0.25, 0.3) is 6.08 Å². The topological polar surface area (TPSA) is 102 Å². The van der Waals surface area contributed by atoms with Crippen molar-refractivity contribution >= 4 is 33.7 Å². The van der Waals surface area contributed by atoms with Crippen LogP contribution in [0.4, 0.5) is 5.69 Å². The molecule has 0 saturated heterocycles. The normalized spacial score (nSPS) is 12.5. The van der Waals surface area contributed by atoms with Gasteiger partial charge in [-0.25, -0.2) is 13.1 Å². The summed E-state index contributed by atoms with van der Waals surface area (Å²) < 4.78 is 30.9. The van der Waals surface area contributed by atoms with E-state index >= 15 is 0 Å². The van der Waals surface area contributed by atoms with Gasteiger partial charge in [-0.3, -0.25) is 9.59 Å². The van der Waals surface area contributed by atoms with E-state index in [-0.39, 0.29) is 0 Å². The summed E-state index contributed by atoms with van der Waals surface area (Å²) in [4.78, 5) is 23.9. The maximum absolute atomic E-state index is 12.1. The standard InChI is InChI=1S/C20H22N2O5S/c1-15-7-6-10-18(13-15)22-20(24)16(2)27-19(23)14-21-28(25,26)12-11-17-8-4-3-5-9-17/h3-13,16,21H,14H2,1-2H3,(H,22,24)/b12-11+/t16-/m0/s1. The average Bonchev–Trinajstić information content (AvgIpc) is 2.66. The molecule has 2 aromatic carbocycles. The second-order valence-electron chi connectivity index (χ2n) is 6.07. The first-order valence-electron chi connectivity index (χ1n) is 8.55. The summed E-state index contributed by atoms with van der Waals surface area (Å²) in [6.45, 7) is 2.72. The molecular weight excluding hydrogens is 380 g/mol. The summed E-state index contributed by atoms with van der Waals surface area (Å²) in [5.41, 5.74) is 2.26. The number of hydrogen-bond acceptors (Lipinski definition) is 5. The maximum atomic E-state index is 12.1. The smallest absolute Gasteiger partial charge is 0.321 e. The lowest BCUT2D eigenvalue weighted by atomic mass is 10.2. The van der Waals surface area contributed by atoms with Gasteiger partial charge in [-0.2, -0.15) is 0 Å². The van der Waals surface area contributed by atoms with Gasteiger partial charge in [0.15, 0.2) is 6.10 Å². The van der Waals surface area contributed by atoms with Gasteiger partial charge in [0.2, 0.25) is 10.0 Å². The number of hydrogen-bond donors (Lipinski definition) is 2. The van der Waals surface area contributed by atoms with Crippen molar-refractivity contribution in [2.75, 3.05) is 11.9 Å². The number of rotatable bonds is 8. The van der Waals surface area contributed by atoms with Gasteiger partial charge in [0.25, 0.3) is 5.91 Å². The first-order valence-corrected chi connectivity index (χ1v) is 10.1. The molecular formula is C20H22N2O5S. The largest absolute Gasteiger partial charge is 0.452 e. The zero-order valence-corrected chi connectivity index (χ0v) is 16.4. The first-order chi connectivity index (χ1) is 13.2. The lowest BCUT2D eigenvalue weighted by Gasteiger charge is -2.14. The average molecular weight is 402 g/mol. The Morgan fingerprint density at radius 1 is 1.11 bits per heavy atom. The highest BCUT2D eigenvalue weighted by Gasteiger charge is 2.19. The van der Waals surface area contributed by atoms with E-state index in [1.54, 1.807) is 42.5 Å². The van der Waals surface area contributed by atoms with E-state index in [1.165, 1.54) is 13.0 Å². The fourth-order valence-electron chi connectivity index (χ4n) is 2.20. The van der Waals surface area contributed by atoms with Crippen LogP contribution in [0.5, 0.6) is 0 Å². The van der Waals surface area contributed by atoms with E-state index in [9.17, 15) is 18.0 Å². The molecule has 2 aromatic rings. The lowest BCUT2D eigenvalue weighted by molar-refractivity contribution is -0.151. The number of sulfonamides is 1. The highest BCUT2D eigenvalue weighted by molar-refractivity contribution is 7.92. The van der Waals surface area contributed by atoms with E-state index in [2.05, 4.69) is 10.0 Å². The fraction of sp³-hybridized carbons (Fsp3) is 0.200. The van der Waals surface area contributed by atoms with Crippen molar-refractivity contribution < 1.29 is 22.7 Å². The van der Waals surface area contributed by atoms with Crippen LogP contribution in [0, 0.1) is 6.92 Å². The Labute approximate surface area is 164 Å². The number of ether oxygens (including phenoxy) is 1. The second kappa shape index (κ2) is 9.82. The van der Waals surface area contributed by atoms with E-state index in [1.807, 2.05) is 19.1 Å². The summed E-state index contributed by atoms with van der Waals surface area (Å²) in [5, 5.41) is 3.59. The van der Waals surface area contributed by atoms with Gasteiger partial charge in [0.1, 0.15) is 6.54 Å². The predicted octanol–water partition coefficient (Wildman–Crippen LogP) is 2.46. The third-order valence-corrected chi connectivity index (χ3v) is 4.66. The molecule has 2 rings (SSSR count). The highest BCUT2D eigenvalue weighted by atomic mass is 32.2. The van der Waals surface area contributed by atoms with Crippen LogP contribution >= 0.6 is 0 Å². The molecule has 8 heteroatoms. The van der Waals surface area contributed by atoms with Crippen molar-refractivity contribution in [3.05, 3.63) is 71.1 Å². The highest BCUT2D eigenvalue weighted by Crippen LogP contribution is 2.10. The summed E-state index contributed by atoms with van der Waals surface area (Å²) in [6, 6.07) is 16.0. The van der Waals surface area contributed by atoms with Crippen molar-refractivity contribution in [1.82, 2.24) is 4.72 Å². The molecule has 0 aliphatic carbocycles. The van der Waals surface area contributed by atoms with E-state index in [4.69, 9.17) is 4.74 Å². The SMILES string of the molecule is Cc1cccc(NC(=O)[C@H](C)OC(=O)CNS(=O)(=O)/C=C/c2ccccc2)c1. The van der Waals surface area contributed by atoms with E-state index in [0.29, 0.717) is 11.3 Å². The molecule has 0 radical (unpaired) electrons. The molecule has 0 heterocycles. The molecule has 0 aliphatic heterocycles. The Bertz CT molecular complexity index is 956. The first kappa shape index (κ1) is 21.3. The van der Waals surface area contributed by atoms with Gasteiger partial charge in [-0.1, -0.05) is 42.5 Å². The van der Waals surface area contributed by atoms with Crippen molar-refractivity contribution in [2.45, 2.75) is 20.0 Å². The molecule has 0 unspecified atom stereocenters. The third kappa shape index (κ3) is 7.34. The van der Waals surface area contributed by atoms with Gasteiger partial charge in [0.05, 0.1) is 0 Å². The molecule has 0 spiro atoms. The Morgan fingerprint density at radius 2 is 1.82 bits per heavy atom. The minimum absolute atomic E-state index is 0.509. The van der Waals surface area contributed by atoms with Crippen LogP contribution in [0.15, 0.2) is 60.0 Å². The van der Waals surface area contributed by atoms with Gasteiger partial charge in [0, 0.05) is 11.1 Å². The number of esters is 1. The van der Waals surface area contributed by atoms with Crippen LogP contribution < -0.4 is 10.0 Å². The number of aryl methyl sites for hydroxylation is 1. The number of nitrogens with one attached hydrogen (secondary N) is 2. The van der Waals surface area contributed by atoms with Crippen LogP contribution in [-0.4, -0.2) is 32.9 Å². The van der Waals surface area contributed by atoms with E-state index < -0.39 is 34.5 Å². The summed E-state index contributed by atoms with van der Waals surface area (Å²) in [6.07, 6.45) is 0.336. The molecule has 148 valence electrons. The van der Waals surface area contributed by atoms with Crippen LogP contribution in [0.1, 0.15) is 18.1 Å². The molecule has 0 aromatic heterocycles. The van der Waals surface area contributed by atoms with Crippen molar-refractivity contribution in [3.8, 4) is 0 Å². The zero-order valence-electron chi connectivity index (χ0n) is 15.6. The second-order valence-corrected chi connectivity index (χ2v) is 7.72. The molecule has 0 bridgehead atoms. The summed E-state index contributed by atoms with van der Waals surface area (Å²) in [5.74, 6) is -1.37. The zero-order chi connectivity index (χ0) is 20.6. The third-order valence-electron chi connectivity index (χ3n) is 3.62. The minimum Gasteiger partial charge on any atom is -0.452 e. The Morgan fingerprint density at radius 3 is 2.50 bits per heavy atom. The molecule has 1 amide bonds. The van der Waals surface area contributed by atoms with Crippen molar-refractivity contribution in [3.63, 3.8) is 0 Å². The summed E-state index contributed by atoms with van der Waals surface area (Å²) >= 11 is 0.